The average Bonchev–Trinajstić information content (AvgIpc) is 2.02. The van der Waals surface area contributed by atoms with Crippen LogP contribution >= 0.6 is 11.6 Å². The zero-order valence-corrected chi connectivity index (χ0v) is 8.44. The fourth-order valence-corrected chi connectivity index (χ4v) is 1.88. The maximum absolute atomic E-state index is 12.7. The van der Waals surface area contributed by atoms with E-state index in [1.807, 2.05) is 0 Å². The molecule has 0 heterocycles. The van der Waals surface area contributed by atoms with Gasteiger partial charge >= 0.3 is 10.2 Å². The van der Waals surface area contributed by atoms with Gasteiger partial charge in [-0.1, -0.05) is 11.6 Å². The molecule has 0 atom stereocenters. The fraction of sp³-hybridized carbons (Fsp3) is 0.125. The Morgan fingerprint density at radius 3 is 2.64 bits per heavy atom. The Hall–Kier alpha value is -1.12. The molecular formula is C8H5ClFNO2S. The molecule has 0 aliphatic rings. The largest absolute Gasteiger partial charge is 0.332 e. The summed E-state index contributed by atoms with van der Waals surface area (Å²) in [5.74, 6) is 0. The Morgan fingerprint density at radius 1 is 1.50 bits per heavy atom. The van der Waals surface area contributed by atoms with E-state index in [1.165, 1.54) is 12.1 Å². The molecule has 0 unspecified atom stereocenters. The first-order chi connectivity index (χ1) is 6.45. The first kappa shape index (κ1) is 11.0. The lowest BCUT2D eigenvalue weighted by molar-refractivity contribution is 0.551. The van der Waals surface area contributed by atoms with Gasteiger partial charge < -0.3 is 0 Å². The number of benzene rings is 1. The molecule has 0 aromatic heterocycles. The summed E-state index contributed by atoms with van der Waals surface area (Å²) in [6.07, 6.45) is -0.195. The molecule has 0 saturated carbocycles. The second-order valence-corrected chi connectivity index (χ2v) is 4.28. The predicted octanol–water partition coefficient (Wildman–Crippen LogP) is 2.06. The van der Waals surface area contributed by atoms with E-state index in [-0.39, 0.29) is 17.0 Å². The number of rotatable bonds is 2. The van der Waals surface area contributed by atoms with Crippen molar-refractivity contribution in [2.24, 2.45) is 0 Å². The standard InChI is InChI=1S/C8H5ClFNO2S/c9-7-1-2-8(14(10,12)13)6(5-7)3-4-11/h1-2,5H,3H2. The molecule has 0 amide bonds. The van der Waals surface area contributed by atoms with E-state index in [0.717, 1.165) is 6.07 Å². The Bertz CT molecular complexity index is 493. The molecule has 14 heavy (non-hydrogen) atoms. The van der Waals surface area contributed by atoms with Gasteiger partial charge in [-0.15, -0.1) is 3.89 Å². The smallest absolute Gasteiger partial charge is 0.198 e. The summed E-state index contributed by atoms with van der Waals surface area (Å²) in [5, 5.41) is 8.66. The van der Waals surface area contributed by atoms with Crippen molar-refractivity contribution >= 4 is 21.8 Å². The fourth-order valence-electron chi connectivity index (χ4n) is 1.01. The lowest BCUT2D eigenvalue weighted by atomic mass is 10.2. The molecule has 0 saturated heterocycles. The van der Waals surface area contributed by atoms with Gasteiger partial charge in [-0.2, -0.15) is 13.7 Å². The van der Waals surface area contributed by atoms with Gasteiger partial charge in [-0.3, -0.25) is 0 Å². The number of hydrogen-bond acceptors (Lipinski definition) is 3. The molecule has 0 aliphatic carbocycles. The molecule has 3 nitrogen and oxygen atoms in total. The zero-order valence-electron chi connectivity index (χ0n) is 6.87. The van der Waals surface area contributed by atoms with Crippen LogP contribution in [0.15, 0.2) is 23.1 Å². The highest BCUT2D eigenvalue weighted by Crippen LogP contribution is 2.22. The normalized spacial score (nSPS) is 10.9. The number of hydrogen-bond donors (Lipinski definition) is 0. The summed E-state index contributed by atoms with van der Waals surface area (Å²) < 4.78 is 33.9. The van der Waals surface area contributed by atoms with Crippen molar-refractivity contribution in [3.63, 3.8) is 0 Å². The highest BCUT2D eigenvalue weighted by atomic mass is 35.5. The molecule has 0 radical (unpaired) electrons. The summed E-state index contributed by atoms with van der Waals surface area (Å²) in [7, 11) is -4.78. The third-order valence-electron chi connectivity index (χ3n) is 1.55. The minimum absolute atomic E-state index is 0.0718. The topological polar surface area (TPSA) is 57.9 Å². The zero-order chi connectivity index (χ0) is 10.8. The molecule has 0 fully saturated rings. The van der Waals surface area contributed by atoms with Crippen LogP contribution in [0.2, 0.25) is 5.02 Å². The van der Waals surface area contributed by atoms with Gasteiger partial charge in [-0.05, 0) is 23.8 Å². The van der Waals surface area contributed by atoms with E-state index in [1.54, 1.807) is 6.07 Å². The minimum atomic E-state index is -4.78. The Labute approximate surface area is 85.9 Å². The van der Waals surface area contributed by atoms with Crippen LogP contribution in [0.1, 0.15) is 5.56 Å². The first-order valence-electron chi connectivity index (χ1n) is 3.55. The molecule has 74 valence electrons. The summed E-state index contributed by atoms with van der Waals surface area (Å²) >= 11 is 5.58. The molecule has 6 heteroatoms. The van der Waals surface area contributed by atoms with E-state index in [2.05, 4.69) is 0 Å². The number of nitrogens with zero attached hydrogens (tertiary/aromatic N) is 1. The van der Waals surface area contributed by atoms with Gasteiger partial charge in [0.2, 0.25) is 0 Å². The second kappa shape index (κ2) is 3.95. The van der Waals surface area contributed by atoms with Gasteiger partial charge in [0.05, 0.1) is 12.5 Å². The van der Waals surface area contributed by atoms with E-state index >= 15 is 0 Å². The molecule has 0 bridgehead atoms. The first-order valence-corrected chi connectivity index (χ1v) is 5.31. The van der Waals surface area contributed by atoms with Gasteiger partial charge in [-0.25, -0.2) is 0 Å². The predicted molar refractivity (Wildman–Crippen MR) is 49.1 cm³/mol. The maximum Gasteiger partial charge on any atom is 0.332 e. The Balaban J connectivity index is 3.38. The van der Waals surface area contributed by atoms with Gasteiger partial charge in [0, 0.05) is 5.02 Å². The molecule has 0 N–H and O–H groups in total. The average molecular weight is 234 g/mol. The van der Waals surface area contributed by atoms with Crippen molar-refractivity contribution in [1.82, 2.24) is 0 Å². The van der Waals surface area contributed by atoms with Crippen LogP contribution in [-0.2, 0) is 16.6 Å². The van der Waals surface area contributed by atoms with Crippen molar-refractivity contribution in [2.45, 2.75) is 11.3 Å². The third-order valence-corrected chi connectivity index (χ3v) is 2.71. The lowest BCUT2D eigenvalue weighted by Crippen LogP contribution is -1.98. The van der Waals surface area contributed by atoms with Crippen LogP contribution in [0.4, 0.5) is 3.89 Å². The molecule has 0 aliphatic heterocycles. The molecule has 1 rings (SSSR count). The Morgan fingerprint density at radius 2 is 2.14 bits per heavy atom. The lowest BCUT2D eigenvalue weighted by Gasteiger charge is -2.01. The molecule has 0 spiro atoms. The van der Waals surface area contributed by atoms with Crippen LogP contribution in [0.25, 0.3) is 0 Å². The van der Waals surface area contributed by atoms with E-state index < -0.39 is 15.1 Å². The summed E-state index contributed by atoms with van der Waals surface area (Å²) in [5.41, 5.74) is 0.0718. The monoisotopic (exact) mass is 233 g/mol. The van der Waals surface area contributed by atoms with Crippen LogP contribution in [0.3, 0.4) is 0 Å². The van der Waals surface area contributed by atoms with Gasteiger partial charge in [0.25, 0.3) is 0 Å². The van der Waals surface area contributed by atoms with E-state index in [4.69, 9.17) is 16.9 Å². The van der Waals surface area contributed by atoms with Crippen molar-refractivity contribution < 1.29 is 12.3 Å². The summed E-state index contributed by atoms with van der Waals surface area (Å²) in [4.78, 5) is -0.497. The van der Waals surface area contributed by atoms with Crippen molar-refractivity contribution in [3.8, 4) is 6.07 Å². The third kappa shape index (κ3) is 2.44. The van der Waals surface area contributed by atoms with Crippen LogP contribution in [0.5, 0.6) is 0 Å². The molecular weight excluding hydrogens is 229 g/mol. The Kier molecular flexibility index (Phi) is 3.09. The molecule has 1 aromatic carbocycles. The van der Waals surface area contributed by atoms with E-state index in [0.29, 0.717) is 0 Å². The highest BCUT2D eigenvalue weighted by molar-refractivity contribution is 7.86. The van der Waals surface area contributed by atoms with Crippen molar-refractivity contribution in [1.29, 1.82) is 5.26 Å². The van der Waals surface area contributed by atoms with Crippen LogP contribution in [0, 0.1) is 11.3 Å². The highest BCUT2D eigenvalue weighted by Gasteiger charge is 2.16. The van der Waals surface area contributed by atoms with Crippen LogP contribution in [-0.4, -0.2) is 8.42 Å². The SMILES string of the molecule is N#CCc1cc(Cl)ccc1S(=O)(=O)F. The minimum Gasteiger partial charge on any atom is -0.198 e. The number of halogens is 2. The molecule has 1 aromatic rings. The number of nitriles is 1. The van der Waals surface area contributed by atoms with Gasteiger partial charge in [0.1, 0.15) is 4.90 Å². The summed E-state index contributed by atoms with van der Waals surface area (Å²) in [6, 6.07) is 5.30. The quantitative estimate of drug-likeness (QED) is 0.735. The maximum atomic E-state index is 12.7. The van der Waals surface area contributed by atoms with Crippen LogP contribution < -0.4 is 0 Å². The van der Waals surface area contributed by atoms with Crippen molar-refractivity contribution in [2.75, 3.05) is 0 Å². The van der Waals surface area contributed by atoms with E-state index in [9.17, 15) is 12.3 Å². The second-order valence-electron chi connectivity index (χ2n) is 2.52. The van der Waals surface area contributed by atoms with Crippen molar-refractivity contribution in [3.05, 3.63) is 28.8 Å². The summed E-state index contributed by atoms with van der Waals surface area (Å²) in [6.45, 7) is 0. The van der Waals surface area contributed by atoms with Gasteiger partial charge in [0.15, 0.2) is 0 Å².